The average Bonchev–Trinajstić information content (AvgIpc) is 3.03. The second kappa shape index (κ2) is 5.90. The Morgan fingerprint density at radius 3 is 2.52 bits per heavy atom. The SMILES string of the molecule is Clc1ccccc1-c1cnc(Cc2ccc3ccccc3c2)[nH]1. The summed E-state index contributed by atoms with van der Waals surface area (Å²) in [5.74, 6) is 0.940. The third-order valence-corrected chi connectivity index (χ3v) is 4.31. The van der Waals surface area contributed by atoms with Crippen molar-refractivity contribution in [2.75, 3.05) is 0 Å². The smallest absolute Gasteiger partial charge is 0.110 e. The molecule has 0 unspecified atom stereocenters. The quantitative estimate of drug-likeness (QED) is 0.533. The molecule has 0 aliphatic rings. The maximum absolute atomic E-state index is 6.25. The first-order valence-electron chi connectivity index (χ1n) is 7.56. The molecule has 4 aromatic rings. The molecule has 112 valence electrons. The molecule has 0 spiro atoms. The number of H-pyrrole nitrogens is 1. The largest absolute Gasteiger partial charge is 0.342 e. The zero-order chi connectivity index (χ0) is 15.6. The van der Waals surface area contributed by atoms with Gasteiger partial charge < -0.3 is 4.98 Å². The maximum Gasteiger partial charge on any atom is 0.110 e. The van der Waals surface area contributed by atoms with Gasteiger partial charge >= 0.3 is 0 Å². The Hall–Kier alpha value is -2.58. The van der Waals surface area contributed by atoms with Crippen LogP contribution >= 0.6 is 11.6 Å². The molecular weight excluding hydrogens is 304 g/mol. The van der Waals surface area contributed by atoms with Crippen LogP contribution < -0.4 is 0 Å². The molecule has 0 saturated heterocycles. The lowest BCUT2D eigenvalue weighted by atomic mass is 10.1. The number of fused-ring (bicyclic) bond motifs is 1. The lowest BCUT2D eigenvalue weighted by Crippen LogP contribution is -1.91. The number of nitrogens with zero attached hydrogens (tertiary/aromatic N) is 1. The zero-order valence-electron chi connectivity index (χ0n) is 12.5. The number of aromatic nitrogens is 2. The Bertz CT molecular complexity index is 972. The van der Waals surface area contributed by atoms with Gasteiger partial charge in [0.25, 0.3) is 0 Å². The van der Waals surface area contributed by atoms with E-state index in [-0.39, 0.29) is 0 Å². The van der Waals surface area contributed by atoms with Crippen molar-refractivity contribution < 1.29 is 0 Å². The van der Waals surface area contributed by atoms with Gasteiger partial charge in [-0.1, -0.05) is 72.3 Å². The minimum absolute atomic E-state index is 0.730. The first-order chi connectivity index (χ1) is 11.3. The van der Waals surface area contributed by atoms with Crippen molar-refractivity contribution in [1.82, 2.24) is 9.97 Å². The van der Waals surface area contributed by atoms with Crippen LogP contribution in [0.2, 0.25) is 5.02 Å². The van der Waals surface area contributed by atoms with Gasteiger partial charge in [0.2, 0.25) is 0 Å². The van der Waals surface area contributed by atoms with Crippen molar-refractivity contribution in [3.63, 3.8) is 0 Å². The number of rotatable bonds is 3. The van der Waals surface area contributed by atoms with Crippen LogP contribution in [0.15, 0.2) is 72.9 Å². The molecule has 0 atom stereocenters. The molecule has 1 N–H and O–H groups in total. The predicted octanol–water partition coefficient (Wildman–Crippen LogP) is 5.47. The summed E-state index contributed by atoms with van der Waals surface area (Å²) in [5, 5.41) is 3.24. The molecule has 0 aliphatic heterocycles. The Balaban J connectivity index is 1.63. The summed E-state index contributed by atoms with van der Waals surface area (Å²) in [6, 6.07) is 22.7. The van der Waals surface area contributed by atoms with Crippen LogP contribution in [-0.4, -0.2) is 9.97 Å². The number of hydrogen-bond donors (Lipinski definition) is 1. The lowest BCUT2D eigenvalue weighted by molar-refractivity contribution is 1.03. The number of aromatic amines is 1. The zero-order valence-corrected chi connectivity index (χ0v) is 13.2. The number of imidazole rings is 1. The van der Waals surface area contributed by atoms with Gasteiger partial charge in [-0.25, -0.2) is 4.98 Å². The van der Waals surface area contributed by atoms with E-state index in [1.807, 2.05) is 30.5 Å². The van der Waals surface area contributed by atoms with Gasteiger partial charge in [0.05, 0.1) is 11.9 Å². The second-order valence-corrected chi connectivity index (χ2v) is 5.99. The van der Waals surface area contributed by atoms with E-state index in [1.54, 1.807) is 0 Å². The summed E-state index contributed by atoms with van der Waals surface area (Å²) >= 11 is 6.25. The monoisotopic (exact) mass is 318 g/mol. The molecule has 0 radical (unpaired) electrons. The summed E-state index contributed by atoms with van der Waals surface area (Å²) in [5.41, 5.74) is 3.17. The number of hydrogen-bond acceptors (Lipinski definition) is 1. The first-order valence-corrected chi connectivity index (χ1v) is 7.94. The van der Waals surface area contributed by atoms with E-state index in [1.165, 1.54) is 16.3 Å². The highest BCUT2D eigenvalue weighted by Crippen LogP contribution is 2.26. The van der Waals surface area contributed by atoms with Crippen molar-refractivity contribution in [3.8, 4) is 11.3 Å². The van der Waals surface area contributed by atoms with E-state index in [2.05, 4.69) is 52.4 Å². The van der Waals surface area contributed by atoms with Crippen LogP contribution in [0.25, 0.3) is 22.0 Å². The molecule has 3 heteroatoms. The molecule has 2 nitrogen and oxygen atoms in total. The Kier molecular flexibility index (Phi) is 3.60. The van der Waals surface area contributed by atoms with Crippen molar-refractivity contribution in [2.45, 2.75) is 6.42 Å². The Morgan fingerprint density at radius 2 is 1.65 bits per heavy atom. The molecule has 3 aromatic carbocycles. The highest BCUT2D eigenvalue weighted by molar-refractivity contribution is 6.33. The molecule has 0 aliphatic carbocycles. The predicted molar refractivity (Wildman–Crippen MR) is 95.8 cm³/mol. The topological polar surface area (TPSA) is 28.7 Å². The highest BCUT2D eigenvalue weighted by Gasteiger charge is 2.07. The molecule has 1 aromatic heterocycles. The van der Waals surface area contributed by atoms with Gasteiger partial charge in [-0.15, -0.1) is 0 Å². The summed E-state index contributed by atoms with van der Waals surface area (Å²) in [7, 11) is 0. The van der Waals surface area contributed by atoms with Gasteiger partial charge in [0.15, 0.2) is 0 Å². The Morgan fingerprint density at radius 1 is 0.870 bits per heavy atom. The van der Waals surface area contributed by atoms with Crippen LogP contribution in [-0.2, 0) is 6.42 Å². The number of benzene rings is 3. The van der Waals surface area contributed by atoms with E-state index in [0.29, 0.717) is 0 Å². The Labute approximate surface area is 139 Å². The van der Waals surface area contributed by atoms with Crippen molar-refractivity contribution in [2.24, 2.45) is 0 Å². The van der Waals surface area contributed by atoms with Crippen LogP contribution in [0.3, 0.4) is 0 Å². The van der Waals surface area contributed by atoms with Gasteiger partial charge in [-0.05, 0) is 22.4 Å². The maximum atomic E-state index is 6.25. The minimum atomic E-state index is 0.730. The average molecular weight is 319 g/mol. The molecule has 0 bridgehead atoms. The molecule has 4 rings (SSSR count). The van der Waals surface area contributed by atoms with E-state index >= 15 is 0 Å². The normalized spacial score (nSPS) is 11.0. The van der Waals surface area contributed by atoms with Crippen molar-refractivity contribution in [3.05, 3.63) is 89.3 Å². The van der Waals surface area contributed by atoms with Gasteiger partial charge in [0.1, 0.15) is 5.82 Å². The van der Waals surface area contributed by atoms with Crippen LogP contribution in [0, 0.1) is 0 Å². The van der Waals surface area contributed by atoms with Crippen molar-refractivity contribution in [1.29, 1.82) is 0 Å². The summed E-state index contributed by atoms with van der Waals surface area (Å²) < 4.78 is 0. The fraction of sp³-hybridized carbons (Fsp3) is 0.0500. The molecule has 1 heterocycles. The van der Waals surface area contributed by atoms with Gasteiger partial charge in [-0.2, -0.15) is 0 Å². The van der Waals surface area contributed by atoms with E-state index in [9.17, 15) is 0 Å². The van der Waals surface area contributed by atoms with E-state index < -0.39 is 0 Å². The fourth-order valence-corrected chi connectivity index (χ4v) is 3.05. The van der Waals surface area contributed by atoms with Crippen LogP contribution in [0.4, 0.5) is 0 Å². The number of halogens is 1. The fourth-order valence-electron chi connectivity index (χ4n) is 2.81. The summed E-state index contributed by atoms with van der Waals surface area (Å²) in [6.07, 6.45) is 2.62. The van der Waals surface area contributed by atoms with E-state index in [4.69, 9.17) is 11.6 Å². The minimum Gasteiger partial charge on any atom is -0.342 e. The molecule has 0 saturated carbocycles. The molecule has 0 amide bonds. The van der Waals surface area contributed by atoms with Crippen molar-refractivity contribution >= 4 is 22.4 Å². The second-order valence-electron chi connectivity index (χ2n) is 5.58. The van der Waals surface area contributed by atoms with Gasteiger partial charge in [-0.3, -0.25) is 0 Å². The first kappa shape index (κ1) is 14.0. The summed E-state index contributed by atoms with van der Waals surface area (Å²) in [4.78, 5) is 7.87. The third kappa shape index (κ3) is 2.86. The molecule has 23 heavy (non-hydrogen) atoms. The molecule has 0 fully saturated rings. The molecular formula is C20H15ClN2. The van der Waals surface area contributed by atoms with Crippen LogP contribution in [0.1, 0.15) is 11.4 Å². The lowest BCUT2D eigenvalue weighted by Gasteiger charge is -2.03. The standard InChI is InChI=1S/C20H15ClN2/c21-18-8-4-3-7-17(18)19-13-22-20(23-19)12-14-9-10-15-5-1-2-6-16(15)11-14/h1-11,13H,12H2,(H,22,23). The number of nitrogens with one attached hydrogen (secondary N) is 1. The van der Waals surface area contributed by atoms with E-state index in [0.717, 1.165) is 28.5 Å². The van der Waals surface area contributed by atoms with Crippen LogP contribution in [0.5, 0.6) is 0 Å². The summed E-state index contributed by atoms with van der Waals surface area (Å²) in [6.45, 7) is 0. The van der Waals surface area contributed by atoms with Gasteiger partial charge in [0, 0.05) is 17.0 Å². The third-order valence-electron chi connectivity index (χ3n) is 3.98. The highest BCUT2D eigenvalue weighted by atomic mass is 35.5.